The zero-order valence-corrected chi connectivity index (χ0v) is 11.8. The number of hydrogen-bond acceptors (Lipinski definition) is 5. The molecule has 1 fully saturated rings. The molecule has 19 heavy (non-hydrogen) atoms. The zero-order valence-electron chi connectivity index (χ0n) is 11.1. The summed E-state index contributed by atoms with van der Waals surface area (Å²) >= 11 is 5.71. The summed E-state index contributed by atoms with van der Waals surface area (Å²) in [6.45, 7) is 6.24. The first-order valence-corrected chi connectivity index (χ1v) is 6.35. The second-order valence-corrected chi connectivity index (χ2v) is 5.16. The van der Waals surface area contributed by atoms with Gasteiger partial charge in [-0.2, -0.15) is 0 Å². The number of halogens is 1. The van der Waals surface area contributed by atoms with Crippen molar-refractivity contribution in [3.8, 4) is 0 Å². The van der Waals surface area contributed by atoms with Gasteiger partial charge in [0, 0.05) is 12.2 Å². The Morgan fingerprint density at radius 3 is 2.89 bits per heavy atom. The molecule has 0 aromatic carbocycles. The first-order chi connectivity index (χ1) is 8.85. The summed E-state index contributed by atoms with van der Waals surface area (Å²) in [6, 6.07) is 1.58. The van der Waals surface area contributed by atoms with E-state index in [1.54, 1.807) is 13.0 Å². The lowest BCUT2D eigenvalue weighted by atomic mass is 10.3. The minimum atomic E-state index is -0.593. The maximum atomic E-state index is 11.9. The smallest absolute Gasteiger partial charge is 0.270 e. The molecular weight excluding hydrogens is 270 g/mol. The van der Waals surface area contributed by atoms with Crippen molar-refractivity contribution in [1.29, 1.82) is 0 Å². The molecule has 6 nitrogen and oxygen atoms in total. The summed E-state index contributed by atoms with van der Waals surface area (Å²) in [5.74, 6) is -0.898. The monoisotopic (exact) mass is 285 g/mol. The summed E-state index contributed by atoms with van der Waals surface area (Å²) in [7, 11) is 0. The Morgan fingerprint density at radius 1 is 1.58 bits per heavy atom. The number of aryl methyl sites for hydroxylation is 1. The second kappa shape index (κ2) is 5.40. The molecule has 1 saturated heterocycles. The van der Waals surface area contributed by atoms with Gasteiger partial charge < -0.3 is 14.8 Å². The molecule has 1 N–H and O–H groups in total. The zero-order chi connectivity index (χ0) is 14.0. The van der Waals surface area contributed by atoms with Crippen LogP contribution in [-0.2, 0) is 9.47 Å². The highest BCUT2D eigenvalue weighted by atomic mass is 35.5. The molecule has 1 aliphatic rings. The Balaban J connectivity index is 1.91. The predicted octanol–water partition coefficient (Wildman–Crippen LogP) is 1.32. The quantitative estimate of drug-likeness (QED) is 0.848. The van der Waals surface area contributed by atoms with E-state index in [1.807, 2.05) is 13.8 Å². The van der Waals surface area contributed by atoms with Gasteiger partial charge in [-0.15, -0.1) is 0 Å². The van der Waals surface area contributed by atoms with E-state index in [9.17, 15) is 4.79 Å². The number of nitrogens with one attached hydrogen (secondary N) is 1. The van der Waals surface area contributed by atoms with Gasteiger partial charge in [-0.3, -0.25) is 4.79 Å². The molecule has 0 saturated carbocycles. The molecule has 0 bridgehead atoms. The largest absolute Gasteiger partial charge is 0.348 e. The van der Waals surface area contributed by atoms with Gasteiger partial charge in [-0.1, -0.05) is 0 Å². The highest BCUT2D eigenvalue weighted by Crippen LogP contribution is 2.21. The average molecular weight is 286 g/mol. The second-order valence-electron chi connectivity index (χ2n) is 4.82. The van der Waals surface area contributed by atoms with Crippen LogP contribution in [0.5, 0.6) is 0 Å². The van der Waals surface area contributed by atoms with Crippen LogP contribution in [-0.4, -0.2) is 40.9 Å². The topological polar surface area (TPSA) is 73.3 Å². The molecule has 1 aromatic heterocycles. The van der Waals surface area contributed by atoms with Gasteiger partial charge >= 0.3 is 0 Å². The number of nitrogens with zero attached hydrogens (tertiary/aromatic N) is 2. The number of ether oxygens (including phenoxy) is 2. The van der Waals surface area contributed by atoms with Gasteiger partial charge in [0.25, 0.3) is 5.91 Å². The molecular formula is C12H16ClN3O3. The fraction of sp³-hybridized carbons (Fsp3) is 0.583. The third-order valence-corrected chi connectivity index (χ3v) is 2.79. The Hall–Kier alpha value is -1.24. The third-order valence-electron chi connectivity index (χ3n) is 2.62. The van der Waals surface area contributed by atoms with Crippen LogP contribution in [0.15, 0.2) is 6.07 Å². The molecule has 1 unspecified atom stereocenters. The van der Waals surface area contributed by atoms with E-state index in [-0.39, 0.29) is 23.0 Å². The molecule has 2 rings (SSSR count). The van der Waals surface area contributed by atoms with Gasteiger partial charge in [0.1, 0.15) is 11.8 Å². The van der Waals surface area contributed by atoms with Gasteiger partial charge in [-0.25, -0.2) is 9.97 Å². The number of hydrogen-bond donors (Lipinski definition) is 1. The van der Waals surface area contributed by atoms with Crippen LogP contribution in [0.1, 0.15) is 30.0 Å². The first-order valence-electron chi connectivity index (χ1n) is 5.97. The van der Waals surface area contributed by atoms with E-state index in [0.29, 0.717) is 18.8 Å². The number of aromatic nitrogens is 2. The van der Waals surface area contributed by atoms with Crippen molar-refractivity contribution in [3.05, 3.63) is 22.7 Å². The van der Waals surface area contributed by atoms with Crippen LogP contribution in [0.3, 0.4) is 0 Å². The Labute approximate surface area is 116 Å². The van der Waals surface area contributed by atoms with Gasteiger partial charge in [0.05, 0.1) is 6.61 Å². The third kappa shape index (κ3) is 3.86. The minimum absolute atomic E-state index is 0.0618. The van der Waals surface area contributed by atoms with Crippen molar-refractivity contribution in [2.75, 3.05) is 13.2 Å². The maximum absolute atomic E-state index is 11.9. The van der Waals surface area contributed by atoms with E-state index in [1.165, 1.54) is 0 Å². The summed E-state index contributed by atoms with van der Waals surface area (Å²) < 4.78 is 11.0. The lowest BCUT2D eigenvalue weighted by molar-refractivity contribution is -0.137. The molecule has 2 heterocycles. The van der Waals surface area contributed by atoms with Crippen molar-refractivity contribution in [3.63, 3.8) is 0 Å². The summed E-state index contributed by atoms with van der Waals surface area (Å²) in [5, 5.41) is 2.80. The molecule has 0 spiro atoms. The number of amides is 1. The Bertz CT molecular complexity index is 473. The van der Waals surface area contributed by atoms with E-state index >= 15 is 0 Å². The van der Waals surface area contributed by atoms with Crippen LogP contribution in [0.2, 0.25) is 5.28 Å². The number of carbonyl (C=O) groups is 1. The summed E-state index contributed by atoms with van der Waals surface area (Å²) in [5.41, 5.74) is 0.891. The summed E-state index contributed by atoms with van der Waals surface area (Å²) in [4.78, 5) is 19.7. The number of carbonyl (C=O) groups excluding carboxylic acids is 1. The van der Waals surface area contributed by atoms with Crippen LogP contribution in [0.25, 0.3) is 0 Å². The Kier molecular flexibility index (Phi) is 4.03. The van der Waals surface area contributed by atoms with Crippen LogP contribution in [0.4, 0.5) is 0 Å². The highest BCUT2D eigenvalue weighted by molar-refractivity contribution is 6.28. The van der Waals surface area contributed by atoms with Crippen LogP contribution >= 0.6 is 11.6 Å². The lowest BCUT2D eigenvalue weighted by Crippen LogP contribution is -2.34. The van der Waals surface area contributed by atoms with Gasteiger partial charge in [0.15, 0.2) is 5.79 Å². The maximum Gasteiger partial charge on any atom is 0.270 e. The molecule has 1 amide bonds. The van der Waals surface area contributed by atoms with Crippen molar-refractivity contribution >= 4 is 17.5 Å². The first kappa shape index (κ1) is 14.2. The van der Waals surface area contributed by atoms with E-state index in [4.69, 9.17) is 21.1 Å². The molecule has 7 heteroatoms. The van der Waals surface area contributed by atoms with E-state index < -0.39 is 5.79 Å². The van der Waals surface area contributed by atoms with Crippen molar-refractivity contribution < 1.29 is 14.3 Å². The van der Waals surface area contributed by atoms with Crippen molar-refractivity contribution in [2.45, 2.75) is 32.7 Å². The molecule has 1 aromatic rings. The SMILES string of the molecule is Cc1cc(C(=O)NCC2COC(C)(C)O2)nc(Cl)n1. The Morgan fingerprint density at radius 2 is 2.32 bits per heavy atom. The molecule has 0 radical (unpaired) electrons. The normalized spacial score (nSPS) is 21.4. The highest BCUT2D eigenvalue weighted by Gasteiger charge is 2.32. The van der Waals surface area contributed by atoms with Crippen molar-refractivity contribution in [1.82, 2.24) is 15.3 Å². The average Bonchev–Trinajstić information content (AvgIpc) is 2.64. The molecule has 0 aliphatic carbocycles. The van der Waals surface area contributed by atoms with E-state index in [0.717, 1.165) is 0 Å². The molecule has 1 aliphatic heterocycles. The van der Waals surface area contributed by atoms with Crippen LogP contribution in [0, 0.1) is 6.92 Å². The standard InChI is InChI=1S/C12H16ClN3O3/c1-7-4-9(16-11(13)15-7)10(17)14-5-8-6-18-12(2,3)19-8/h4,8H,5-6H2,1-3H3,(H,14,17). The molecule has 1 atom stereocenters. The van der Waals surface area contributed by atoms with Crippen LogP contribution < -0.4 is 5.32 Å². The lowest BCUT2D eigenvalue weighted by Gasteiger charge is -2.17. The van der Waals surface area contributed by atoms with Crippen molar-refractivity contribution in [2.24, 2.45) is 0 Å². The fourth-order valence-corrected chi connectivity index (χ4v) is 2.03. The predicted molar refractivity (Wildman–Crippen MR) is 69.0 cm³/mol. The molecule has 104 valence electrons. The van der Waals surface area contributed by atoms with Gasteiger partial charge in [-0.05, 0) is 38.4 Å². The fourth-order valence-electron chi connectivity index (χ4n) is 1.81. The number of rotatable bonds is 3. The summed E-state index contributed by atoms with van der Waals surface area (Å²) in [6.07, 6.45) is -0.155. The van der Waals surface area contributed by atoms with E-state index in [2.05, 4.69) is 15.3 Å². The minimum Gasteiger partial charge on any atom is -0.348 e. The van der Waals surface area contributed by atoms with Gasteiger partial charge in [0.2, 0.25) is 5.28 Å².